The van der Waals surface area contributed by atoms with E-state index in [1.807, 2.05) is 6.07 Å². The molecule has 0 unspecified atom stereocenters. The number of benzene rings is 2. The van der Waals surface area contributed by atoms with E-state index < -0.39 is 22.9 Å². The Morgan fingerprint density at radius 3 is 2.39 bits per heavy atom. The van der Waals surface area contributed by atoms with Crippen LogP contribution in [0.1, 0.15) is 24.1 Å². The SMILES string of the molecule is CC1=C(C(=O)Nc2ccc([N+](=O)[O-])cc2)[C@@H](c2ccc(C#N)cc2)NC(=O)N1. The fourth-order valence-corrected chi connectivity index (χ4v) is 2.86. The van der Waals surface area contributed by atoms with Crippen LogP contribution in [0, 0.1) is 21.4 Å². The van der Waals surface area contributed by atoms with Crippen LogP contribution >= 0.6 is 0 Å². The Bertz CT molecular complexity index is 1020. The summed E-state index contributed by atoms with van der Waals surface area (Å²) in [5.41, 5.74) is 2.07. The van der Waals surface area contributed by atoms with Crippen LogP contribution in [-0.2, 0) is 4.79 Å². The summed E-state index contributed by atoms with van der Waals surface area (Å²) < 4.78 is 0. The Hall–Kier alpha value is -4.19. The predicted octanol–water partition coefficient (Wildman–Crippen LogP) is 2.73. The summed E-state index contributed by atoms with van der Waals surface area (Å²) >= 11 is 0. The second-order valence-electron chi connectivity index (χ2n) is 6.06. The molecule has 9 nitrogen and oxygen atoms in total. The summed E-state index contributed by atoms with van der Waals surface area (Å²) in [6, 6.07) is 12.8. The van der Waals surface area contributed by atoms with Gasteiger partial charge >= 0.3 is 6.03 Å². The fraction of sp³-hybridized carbons (Fsp3) is 0.105. The zero-order valence-corrected chi connectivity index (χ0v) is 14.7. The Balaban J connectivity index is 1.89. The number of nitrogens with one attached hydrogen (secondary N) is 3. The third kappa shape index (κ3) is 3.81. The zero-order chi connectivity index (χ0) is 20.3. The van der Waals surface area contributed by atoms with E-state index in [0.29, 0.717) is 28.1 Å². The van der Waals surface area contributed by atoms with Gasteiger partial charge in [0.05, 0.1) is 28.2 Å². The molecular formula is C19H15N5O4. The van der Waals surface area contributed by atoms with E-state index in [1.165, 1.54) is 24.3 Å². The predicted molar refractivity (Wildman–Crippen MR) is 100.0 cm³/mol. The fourth-order valence-electron chi connectivity index (χ4n) is 2.86. The van der Waals surface area contributed by atoms with Crippen molar-refractivity contribution in [2.24, 2.45) is 0 Å². The number of nitro groups is 1. The Kier molecular flexibility index (Phi) is 5.04. The number of carbonyl (C=O) groups excluding carboxylic acids is 2. The number of hydrogen-bond donors (Lipinski definition) is 3. The molecule has 1 atom stereocenters. The normalized spacial score (nSPS) is 15.9. The minimum atomic E-state index is -0.709. The molecule has 0 aromatic heterocycles. The average molecular weight is 377 g/mol. The third-order valence-corrected chi connectivity index (χ3v) is 4.22. The topological polar surface area (TPSA) is 137 Å². The van der Waals surface area contributed by atoms with Gasteiger partial charge in [0.1, 0.15) is 0 Å². The van der Waals surface area contributed by atoms with E-state index in [4.69, 9.17) is 5.26 Å². The van der Waals surface area contributed by atoms with E-state index in [1.54, 1.807) is 31.2 Å². The molecule has 140 valence electrons. The molecule has 1 heterocycles. The van der Waals surface area contributed by atoms with E-state index in [0.717, 1.165) is 0 Å². The van der Waals surface area contributed by atoms with Gasteiger partial charge in [-0.05, 0) is 36.8 Å². The standard InChI is InChI=1S/C19H15N5O4/c1-11-16(18(25)22-14-6-8-15(9-7-14)24(27)28)17(23-19(26)21-11)13-4-2-12(10-20)3-5-13/h2-9,17H,1H3,(H,22,25)(H2,21,23,26)/t17-/m1/s1. The van der Waals surface area contributed by atoms with Crippen molar-refractivity contribution in [2.75, 3.05) is 5.32 Å². The first-order valence-electron chi connectivity index (χ1n) is 8.23. The number of nitrogens with zero attached hydrogens (tertiary/aromatic N) is 2. The highest BCUT2D eigenvalue weighted by atomic mass is 16.6. The molecule has 1 aliphatic heterocycles. The summed E-state index contributed by atoms with van der Waals surface area (Å²) in [6.45, 7) is 1.61. The van der Waals surface area contributed by atoms with Crippen LogP contribution in [0.15, 0.2) is 59.8 Å². The first-order valence-corrected chi connectivity index (χ1v) is 8.23. The van der Waals surface area contributed by atoms with Crippen LogP contribution in [0.2, 0.25) is 0 Å². The molecule has 2 aromatic rings. The van der Waals surface area contributed by atoms with Gasteiger partial charge in [0.15, 0.2) is 0 Å². The zero-order valence-electron chi connectivity index (χ0n) is 14.7. The van der Waals surface area contributed by atoms with Gasteiger partial charge < -0.3 is 16.0 Å². The number of anilines is 1. The van der Waals surface area contributed by atoms with Gasteiger partial charge in [-0.3, -0.25) is 14.9 Å². The van der Waals surface area contributed by atoms with E-state index in [9.17, 15) is 19.7 Å². The molecule has 3 amide bonds. The van der Waals surface area contributed by atoms with E-state index >= 15 is 0 Å². The minimum absolute atomic E-state index is 0.0875. The lowest BCUT2D eigenvalue weighted by molar-refractivity contribution is -0.384. The summed E-state index contributed by atoms with van der Waals surface area (Å²) in [5.74, 6) is -0.465. The maximum atomic E-state index is 12.9. The molecule has 0 aliphatic carbocycles. The highest BCUT2D eigenvalue weighted by Crippen LogP contribution is 2.28. The van der Waals surface area contributed by atoms with Crippen molar-refractivity contribution in [3.63, 3.8) is 0 Å². The average Bonchev–Trinajstić information content (AvgIpc) is 2.67. The lowest BCUT2D eigenvalue weighted by Gasteiger charge is -2.28. The summed E-state index contributed by atoms with van der Waals surface area (Å²) in [4.78, 5) is 35.0. The molecule has 0 radical (unpaired) electrons. The Morgan fingerprint density at radius 2 is 1.82 bits per heavy atom. The van der Waals surface area contributed by atoms with Crippen LogP contribution in [-0.4, -0.2) is 16.9 Å². The van der Waals surface area contributed by atoms with Crippen LogP contribution in [0.3, 0.4) is 0 Å². The van der Waals surface area contributed by atoms with Gasteiger partial charge in [-0.15, -0.1) is 0 Å². The van der Waals surface area contributed by atoms with Crippen molar-refractivity contribution in [1.82, 2.24) is 10.6 Å². The van der Waals surface area contributed by atoms with E-state index in [-0.39, 0.29) is 5.69 Å². The monoisotopic (exact) mass is 377 g/mol. The maximum absolute atomic E-state index is 12.9. The highest BCUT2D eigenvalue weighted by Gasteiger charge is 2.31. The molecule has 0 saturated carbocycles. The molecule has 2 aromatic carbocycles. The quantitative estimate of drug-likeness (QED) is 0.556. The van der Waals surface area contributed by atoms with Crippen molar-refractivity contribution < 1.29 is 14.5 Å². The van der Waals surface area contributed by atoms with Crippen molar-refractivity contribution >= 4 is 23.3 Å². The number of nitriles is 1. The number of non-ortho nitro benzene ring substituents is 1. The van der Waals surface area contributed by atoms with E-state index in [2.05, 4.69) is 16.0 Å². The van der Waals surface area contributed by atoms with Gasteiger partial charge in [-0.25, -0.2) is 4.79 Å². The number of urea groups is 1. The second kappa shape index (κ2) is 7.59. The largest absolute Gasteiger partial charge is 0.327 e. The Labute approximate surface area is 159 Å². The molecule has 3 N–H and O–H groups in total. The third-order valence-electron chi connectivity index (χ3n) is 4.22. The molecule has 28 heavy (non-hydrogen) atoms. The first kappa shape index (κ1) is 18.6. The molecule has 0 spiro atoms. The number of amides is 3. The van der Waals surface area contributed by atoms with Gasteiger partial charge in [0.2, 0.25) is 0 Å². The molecule has 1 aliphatic rings. The van der Waals surface area contributed by atoms with Crippen LogP contribution in [0.5, 0.6) is 0 Å². The molecular weight excluding hydrogens is 362 g/mol. The van der Waals surface area contributed by atoms with Gasteiger partial charge in [-0.2, -0.15) is 5.26 Å². The number of nitro benzene ring substituents is 1. The number of rotatable bonds is 4. The first-order chi connectivity index (χ1) is 13.4. The molecule has 0 fully saturated rings. The lowest BCUT2D eigenvalue weighted by atomic mass is 9.94. The number of allylic oxidation sites excluding steroid dienone is 1. The highest BCUT2D eigenvalue weighted by molar-refractivity contribution is 6.06. The second-order valence-corrected chi connectivity index (χ2v) is 6.06. The van der Waals surface area contributed by atoms with Crippen LogP contribution < -0.4 is 16.0 Å². The molecule has 0 bridgehead atoms. The maximum Gasteiger partial charge on any atom is 0.319 e. The summed E-state index contributed by atoms with van der Waals surface area (Å²) in [6.07, 6.45) is 0. The van der Waals surface area contributed by atoms with Gasteiger partial charge in [0, 0.05) is 23.5 Å². The molecule has 9 heteroatoms. The number of hydrogen-bond acceptors (Lipinski definition) is 5. The van der Waals surface area contributed by atoms with Crippen molar-refractivity contribution in [3.8, 4) is 6.07 Å². The summed E-state index contributed by atoms with van der Waals surface area (Å²) in [7, 11) is 0. The minimum Gasteiger partial charge on any atom is -0.327 e. The van der Waals surface area contributed by atoms with Crippen molar-refractivity contribution in [2.45, 2.75) is 13.0 Å². The lowest BCUT2D eigenvalue weighted by Crippen LogP contribution is -2.45. The van der Waals surface area contributed by atoms with Crippen LogP contribution in [0.25, 0.3) is 0 Å². The molecule has 0 saturated heterocycles. The smallest absolute Gasteiger partial charge is 0.319 e. The van der Waals surface area contributed by atoms with Crippen LogP contribution in [0.4, 0.5) is 16.2 Å². The molecule has 3 rings (SSSR count). The number of carbonyl (C=O) groups is 2. The Morgan fingerprint density at radius 1 is 1.18 bits per heavy atom. The van der Waals surface area contributed by atoms with Crippen molar-refractivity contribution in [3.05, 3.63) is 81.0 Å². The van der Waals surface area contributed by atoms with Gasteiger partial charge in [0.25, 0.3) is 11.6 Å². The van der Waals surface area contributed by atoms with Crippen molar-refractivity contribution in [1.29, 1.82) is 5.26 Å². The summed E-state index contributed by atoms with van der Waals surface area (Å²) in [5, 5.41) is 27.6. The van der Waals surface area contributed by atoms with Gasteiger partial charge in [-0.1, -0.05) is 12.1 Å².